The molecule has 2 aromatic rings. The Morgan fingerprint density at radius 2 is 1.68 bits per heavy atom. The van der Waals surface area contributed by atoms with Crippen molar-refractivity contribution in [2.75, 3.05) is 13.7 Å². The summed E-state index contributed by atoms with van der Waals surface area (Å²) in [6, 6.07) is 16.4. The average molecular weight is 256 g/mol. The van der Waals surface area contributed by atoms with Gasteiger partial charge in [0.2, 0.25) is 0 Å². The molecule has 0 aliphatic rings. The topological polar surface area (TPSA) is 18.5 Å². The zero-order chi connectivity index (χ0) is 13.5. The molecule has 0 aromatic heterocycles. The van der Waals surface area contributed by atoms with E-state index in [-0.39, 0.29) is 0 Å². The number of methoxy groups -OCH3 is 1. The van der Waals surface area contributed by atoms with Gasteiger partial charge in [0, 0.05) is 6.42 Å². The second kappa shape index (κ2) is 6.83. The first-order valence-corrected chi connectivity index (χ1v) is 6.66. The lowest BCUT2D eigenvalue weighted by Crippen LogP contribution is -2.01. The Morgan fingerprint density at radius 3 is 2.37 bits per heavy atom. The van der Waals surface area contributed by atoms with Gasteiger partial charge in [0.25, 0.3) is 0 Å². The summed E-state index contributed by atoms with van der Waals surface area (Å²) in [6.07, 6.45) is 1.94. The molecule has 0 saturated carbocycles. The summed E-state index contributed by atoms with van der Waals surface area (Å²) in [5, 5.41) is 0. The molecule has 0 aliphatic heterocycles. The van der Waals surface area contributed by atoms with Gasteiger partial charge < -0.3 is 9.47 Å². The third-order valence-corrected chi connectivity index (χ3v) is 3.13. The Balaban J connectivity index is 1.85. The molecule has 2 nitrogen and oxygen atoms in total. The summed E-state index contributed by atoms with van der Waals surface area (Å²) in [5.41, 5.74) is 2.56. The fourth-order valence-corrected chi connectivity index (χ4v) is 1.94. The van der Waals surface area contributed by atoms with E-state index in [2.05, 4.69) is 25.1 Å². The number of hydrogen-bond acceptors (Lipinski definition) is 2. The van der Waals surface area contributed by atoms with Gasteiger partial charge in [-0.15, -0.1) is 0 Å². The highest BCUT2D eigenvalue weighted by molar-refractivity contribution is 5.29. The third-order valence-electron chi connectivity index (χ3n) is 3.13. The van der Waals surface area contributed by atoms with Gasteiger partial charge in [0.1, 0.15) is 11.5 Å². The van der Waals surface area contributed by atoms with E-state index < -0.39 is 0 Å². The number of ether oxygens (including phenoxy) is 2. The lowest BCUT2D eigenvalue weighted by Gasteiger charge is -2.08. The van der Waals surface area contributed by atoms with Gasteiger partial charge in [0.15, 0.2) is 0 Å². The molecule has 0 atom stereocenters. The van der Waals surface area contributed by atoms with Crippen molar-refractivity contribution in [3.63, 3.8) is 0 Å². The average Bonchev–Trinajstić information content (AvgIpc) is 2.48. The molecule has 2 aromatic carbocycles. The largest absolute Gasteiger partial charge is 0.497 e. The van der Waals surface area contributed by atoms with Crippen LogP contribution in [-0.4, -0.2) is 13.7 Å². The van der Waals surface area contributed by atoms with Crippen LogP contribution >= 0.6 is 0 Å². The van der Waals surface area contributed by atoms with Gasteiger partial charge in [-0.3, -0.25) is 0 Å². The van der Waals surface area contributed by atoms with Gasteiger partial charge in [-0.2, -0.15) is 0 Å². The monoisotopic (exact) mass is 256 g/mol. The first-order valence-electron chi connectivity index (χ1n) is 6.66. The van der Waals surface area contributed by atoms with Crippen LogP contribution in [0.5, 0.6) is 11.5 Å². The van der Waals surface area contributed by atoms with Crippen LogP contribution in [0.3, 0.4) is 0 Å². The maximum Gasteiger partial charge on any atom is 0.119 e. The Kier molecular flexibility index (Phi) is 4.85. The van der Waals surface area contributed by atoms with Crippen LogP contribution in [0, 0.1) is 0 Å². The minimum absolute atomic E-state index is 0.679. The Morgan fingerprint density at radius 1 is 0.895 bits per heavy atom. The van der Waals surface area contributed by atoms with Crippen molar-refractivity contribution < 1.29 is 9.47 Å². The minimum Gasteiger partial charge on any atom is -0.497 e. The maximum atomic E-state index is 5.74. The Bertz CT molecular complexity index is 503. The predicted octanol–water partition coefficient (Wildman–Crippen LogP) is 3.88. The zero-order valence-electron chi connectivity index (χ0n) is 11.6. The summed E-state index contributed by atoms with van der Waals surface area (Å²) < 4.78 is 10.9. The van der Waals surface area contributed by atoms with Gasteiger partial charge in [-0.25, -0.2) is 0 Å². The molecule has 0 fully saturated rings. The summed E-state index contributed by atoms with van der Waals surface area (Å²) in [6.45, 7) is 2.83. The van der Waals surface area contributed by atoms with Gasteiger partial charge in [-0.1, -0.05) is 31.2 Å². The Labute approximate surface area is 115 Å². The van der Waals surface area contributed by atoms with Gasteiger partial charge in [0.05, 0.1) is 13.7 Å². The van der Waals surface area contributed by atoms with E-state index in [1.54, 1.807) is 7.11 Å². The second-order valence-corrected chi connectivity index (χ2v) is 4.45. The summed E-state index contributed by atoms with van der Waals surface area (Å²) in [5.74, 6) is 1.82. The molecule has 0 unspecified atom stereocenters. The Hall–Kier alpha value is -1.96. The standard InChI is InChI=1S/C17H20O2/c1-3-14-7-9-16(10-8-14)19-12-11-15-5-4-6-17(13-15)18-2/h4-10,13H,3,11-12H2,1-2H3. The third kappa shape index (κ3) is 4.02. The van der Waals surface area contributed by atoms with E-state index in [1.165, 1.54) is 11.1 Å². The highest BCUT2D eigenvalue weighted by Crippen LogP contribution is 2.15. The van der Waals surface area contributed by atoms with Crippen LogP contribution in [0.4, 0.5) is 0 Å². The first-order chi connectivity index (χ1) is 9.31. The summed E-state index contributed by atoms with van der Waals surface area (Å²) >= 11 is 0. The molecule has 0 amide bonds. The fourth-order valence-electron chi connectivity index (χ4n) is 1.94. The molecular weight excluding hydrogens is 236 g/mol. The number of hydrogen-bond donors (Lipinski definition) is 0. The number of aryl methyl sites for hydroxylation is 1. The first kappa shape index (κ1) is 13.5. The molecule has 2 heteroatoms. The molecule has 2 rings (SSSR count). The van der Waals surface area contributed by atoms with Crippen molar-refractivity contribution in [3.8, 4) is 11.5 Å². The SMILES string of the molecule is CCc1ccc(OCCc2cccc(OC)c2)cc1. The van der Waals surface area contributed by atoms with Crippen molar-refractivity contribution in [2.45, 2.75) is 19.8 Å². The van der Waals surface area contributed by atoms with Gasteiger partial charge in [-0.05, 0) is 41.8 Å². The molecule has 0 spiro atoms. The summed E-state index contributed by atoms with van der Waals surface area (Å²) in [7, 11) is 1.69. The van der Waals surface area contributed by atoms with Crippen LogP contribution in [0.1, 0.15) is 18.1 Å². The van der Waals surface area contributed by atoms with E-state index in [4.69, 9.17) is 9.47 Å². The molecule has 0 heterocycles. The van der Waals surface area contributed by atoms with Crippen LogP contribution in [0.2, 0.25) is 0 Å². The minimum atomic E-state index is 0.679. The van der Waals surface area contributed by atoms with Crippen LogP contribution < -0.4 is 9.47 Å². The molecule has 0 radical (unpaired) electrons. The normalized spacial score (nSPS) is 10.2. The van der Waals surface area contributed by atoms with E-state index in [9.17, 15) is 0 Å². The van der Waals surface area contributed by atoms with Gasteiger partial charge >= 0.3 is 0 Å². The maximum absolute atomic E-state index is 5.74. The number of benzene rings is 2. The van der Waals surface area contributed by atoms with E-state index in [1.807, 2.05) is 30.3 Å². The van der Waals surface area contributed by atoms with E-state index >= 15 is 0 Å². The van der Waals surface area contributed by atoms with Crippen molar-refractivity contribution in [2.24, 2.45) is 0 Å². The molecule has 0 N–H and O–H groups in total. The molecule has 19 heavy (non-hydrogen) atoms. The highest BCUT2D eigenvalue weighted by atomic mass is 16.5. The van der Waals surface area contributed by atoms with E-state index in [0.29, 0.717) is 6.61 Å². The molecule has 0 aliphatic carbocycles. The molecular formula is C17H20O2. The predicted molar refractivity (Wildman–Crippen MR) is 78.0 cm³/mol. The second-order valence-electron chi connectivity index (χ2n) is 4.45. The lowest BCUT2D eigenvalue weighted by atomic mass is 10.1. The zero-order valence-corrected chi connectivity index (χ0v) is 11.6. The molecule has 0 bridgehead atoms. The summed E-state index contributed by atoms with van der Waals surface area (Å²) in [4.78, 5) is 0. The van der Waals surface area contributed by atoms with Crippen molar-refractivity contribution in [3.05, 3.63) is 59.7 Å². The molecule has 0 saturated heterocycles. The lowest BCUT2D eigenvalue weighted by molar-refractivity contribution is 0.321. The van der Waals surface area contributed by atoms with Crippen molar-refractivity contribution >= 4 is 0 Å². The fraction of sp³-hybridized carbons (Fsp3) is 0.294. The van der Waals surface area contributed by atoms with Crippen LogP contribution in [-0.2, 0) is 12.8 Å². The smallest absolute Gasteiger partial charge is 0.119 e. The number of rotatable bonds is 6. The van der Waals surface area contributed by atoms with E-state index in [0.717, 1.165) is 24.3 Å². The quantitative estimate of drug-likeness (QED) is 0.781. The highest BCUT2D eigenvalue weighted by Gasteiger charge is 1.98. The molecule has 100 valence electrons. The van der Waals surface area contributed by atoms with Crippen LogP contribution in [0.25, 0.3) is 0 Å². The van der Waals surface area contributed by atoms with Crippen LogP contribution in [0.15, 0.2) is 48.5 Å². The van der Waals surface area contributed by atoms with Crippen molar-refractivity contribution in [1.82, 2.24) is 0 Å². The van der Waals surface area contributed by atoms with Crippen molar-refractivity contribution in [1.29, 1.82) is 0 Å².